The third-order valence-corrected chi connectivity index (χ3v) is 2.48. The predicted molar refractivity (Wildman–Crippen MR) is 60.9 cm³/mol. The molecule has 0 bridgehead atoms. The van der Waals surface area contributed by atoms with Gasteiger partial charge in [-0.25, -0.2) is 4.79 Å². The summed E-state index contributed by atoms with van der Waals surface area (Å²) in [6, 6.07) is 4.30. The largest absolute Gasteiger partial charge is 0.350 e. The summed E-state index contributed by atoms with van der Waals surface area (Å²) in [5.41, 5.74) is 0.685. The standard InChI is InChI=1S/C10H6Cl2N2O2/c11-7-1-6(2-8(12)3-7)5-14-9(15)4-13-10(14)16/h1-4H,5H2. The minimum absolute atomic E-state index is 0.123. The van der Waals surface area contributed by atoms with Gasteiger partial charge in [0.05, 0.1) is 12.8 Å². The molecule has 6 heteroatoms. The summed E-state index contributed by atoms with van der Waals surface area (Å²) >= 11 is 11.6. The molecule has 0 aromatic heterocycles. The Balaban J connectivity index is 2.21. The van der Waals surface area contributed by atoms with Crippen molar-refractivity contribution < 1.29 is 9.59 Å². The number of hydrogen-bond donors (Lipinski definition) is 0. The average molecular weight is 257 g/mol. The first-order valence-electron chi connectivity index (χ1n) is 4.41. The Morgan fingerprint density at radius 2 is 1.75 bits per heavy atom. The van der Waals surface area contributed by atoms with Crippen LogP contribution in [0.3, 0.4) is 0 Å². The van der Waals surface area contributed by atoms with Crippen LogP contribution in [0, 0.1) is 0 Å². The lowest BCUT2D eigenvalue weighted by molar-refractivity contribution is -0.120. The van der Waals surface area contributed by atoms with Crippen molar-refractivity contribution >= 4 is 41.4 Å². The van der Waals surface area contributed by atoms with Gasteiger partial charge < -0.3 is 0 Å². The van der Waals surface area contributed by atoms with Crippen LogP contribution >= 0.6 is 23.2 Å². The lowest BCUT2D eigenvalue weighted by atomic mass is 10.2. The molecule has 82 valence electrons. The Hall–Kier alpha value is -1.39. The van der Waals surface area contributed by atoms with Crippen LogP contribution in [0.1, 0.15) is 5.56 Å². The zero-order valence-corrected chi connectivity index (χ0v) is 9.50. The monoisotopic (exact) mass is 256 g/mol. The van der Waals surface area contributed by atoms with E-state index in [1.165, 1.54) is 0 Å². The van der Waals surface area contributed by atoms with Crippen molar-refractivity contribution in [2.24, 2.45) is 4.99 Å². The maximum Gasteiger partial charge on any atom is 0.350 e. The number of carbonyl (C=O) groups excluding carboxylic acids is 2. The summed E-state index contributed by atoms with van der Waals surface area (Å²) in [6.07, 6.45) is 0.995. The van der Waals surface area contributed by atoms with E-state index in [1.54, 1.807) is 18.2 Å². The molecule has 0 saturated heterocycles. The van der Waals surface area contributed by atoms with Crippen molar-refractivity contribution in [2.45, 2.75) is 6.54 Å². The van der Waals surface area contributed by atoms with Crippen LogP contribution in [0.5, 0.6) is 0 Å². The number of amides is 3. The molecule has 0 N–H and O–H groups in total. The molecular weight excluding hydrogens is 251 g/mol. The highest BCUT2D eigenvalue weighted by Gasteiger charge is 2.25. The second kappa shape index (κ2) is 4.23. The summed E-state index contributed by atoms with van der Waals surface area (Å²) in [5.74, 6) is -0.430. The Kier molecular flexibility index (Phi) is 2.94. The van der Waals surface area contributed by atoms with E-state index in [4.69, 9.17) is 23.2 Å². The Bertz CT molecular complexity index is 461. The van der Waals surface area contributed by atoms with Crippen LogP contribution in [0.4, 0.5) is 4.79 Å². The van der Waals surface area contributed by atoms with Gasteiger partial charge in [-0.15, -0.1) is 0 Å². The van der Waals surface area contributed by atoms with E-state index in [0.717, 1.165) is 11.1 Å². The van der Waals surface area contributed by atoms with E-state index in [-0.39, 0.29) is 6.54 Å². The highest BCUT2D eigenvalue weighted by molar-refractivity contribution is 6.36. The van der Waals surface area contributed by atoms with E-state index in [2.05, 4.69) is 4.99 Å². The van der Waals surface area contributed by atoms with Gasteiger partial charge in [0, 0.05) is 10.0 Å². The van der Waals surface area contributed by atoms with Crippen LogP contribution < -0.4 is 0 Å². The minimum atomic E-state index is -0.568. The van der Waals surface area contributed by atoms with Gasteiger partial charge in [-0.05, 0) is 23.8 Å². The van der Waals surface area contributed by atoms with E-state index >= 15 is 0 Å². The molecule has 1 aliphatic heterocycles. The molecule has 0 unspecified atom stereocenters. The average Bonchev–Trinajstić information content (AvgIpc) is 2.48. The minimum Gasteiger partial charge on any atom is -0.267 e. The molecule has 0 radical (unpaired) electrons. The molecule has 1 aromatic rings. The lowest BCUT2D eigenvalue weighted by Crippen LogP contribution is -2.29. The molecular formula is C10H6Cl2N2O2. The summed E-state index contributed by atoms with van der Waals surface area (Å²) in [4.78, 5) is 26.9. The summed E-state index contributed by atoms with van der Waals surface area (Å²) in [5, 5.41) is 0.921. The van der Waals surface area contributed by atoms with Crippen LogP contribution in [-0.2, 0) is 11.3 Å². The zero-order valence-electron chi connectivity index (χ0n) is 7.98. The molecule has 3 amide bonds. The smallest absolute Gasteiger partial charge is 0.267 e. The van der Waals surface area contributed by atoms with Crippen LogP contribution in [0.25, 0.3) is 0 Å². The van der Waals surface area contributed by atoms with E-state index in [0.29, 0.717) is 15.6 Å². The third-order valence-electron chi connectivity index (χ3n) is 2.05. The number of imide groups is 1. The Labute approximate surface area is 101 Å². The van der Waals surface area contributed by atoms with Crippen molar-refractivity contribution in [3.05, 3.63) is 33.8 Å². The second-order valence-electron chi connectivity index (χ2n) is 3.24. The highest BCUT2D eigenvalue weighted by Crippen LogP contribution is 2.20. The summed E-state index contributed by atoms with van der Waals surface area (Å²) < 4.78 is 0. The van der Waals surface area contributed by atoms with Gasteiger partial charge in [-0.1, -0.05) is 23.2 Å². The van der Waals surface area contributed by atoms with E-state index in [9.17, 15) is 9.59 Å². The van der Waals surface area contributed by atoms with Crippen molar-refractivity contribution in [1.82, 2.24) is 4.90 Å². The number of halogens is 2. The fraction of sp³-hybridized carbons (Fsp3) is 0.100. The zero-order chi connectivity index (χ0) is 11.7. The molecule has 0 spiro atoms. The molecule has 0 atom stereocenters. The van der Waals surface area contributed by atoms with E-state index in [1.807, 2.05) is 0 Å². The number of benzene rings is 1. The SMILES string of the molecule is O=C1C=NC(=O)N1Cc1cc(Cl)cc(Cl)c1. The summed E-state index contributed by atoms with van der Waals surface area (Å²) in [6.45, 7) is 0.123. The van der Waals surface area contributed by atoms with Crippen molar-refractivity contribution in [3.8, 4) is 0 Å². The fourth-order valence-electron chi connectivity index (χ4n) is 1.37. The molecule has 1 aliphatic rings. The molecule has 4 nitrogen and oxygen atoms in total. The molecule has 0 saturated carbocycles. The predicted octanol–water partition coefficient (Wildman–Crippen LogP) is 2.53. The molecule has 1 aromatic carbocycles. The quantitative estimate of drug-likeness (QED) is 0.817. The van der Waals surface area contributed by atoms with E-state index < -0.39 is 11.9 Å². The van der Waals surface area contributed by atoms with Gasteiger partial charge >= 0.3 is 6.03 Å². The number of hydrogen-bond acceptors (Lipinski definition) is 2. The second-order valence-corrected chi connectivity index (χ2v) is 4.12. The van der Waals surface area contributed by atoms with Gasteiger partial charge in [0.25, 0.3) is 5.91 Å². The summed E-state index contributed by atoms with van der Waals surface area (Å²) in [7, 11) is 0. The first-order chi connectivity index (χ1) is 7.56. The first kappa shape index (κ1) is 11.1. The fourth-order valence-corrected chi connectivity index (χ4v) is 1.95. The molecule has 2 rings (SSSR count). The number of urea groups is 1. The van der Waals surface area contributed by atoms with Crippen LogP contribution in [-0.4, -0.2) is 23.1 Å². The van der Waals surface area contributed by atoms with Crippen LogP contribution in [0.15, 0.2) is 23.2 Å². The van der Waals surface area contributed by atoms with Gasteiger partial charge in [-0.3, -0.25) is 9.69 Å². The molecule has 1 heterocycles. The molecule has 0 fully saturated rings. The van der Waals surface area contributed by atoms with Crippen LogP contribution in [0.2, 0.25) is 10.0 Å². The lowest BCUT2D eigenvalue weighted by Gasteiger charge is -2.12. The van der Waals surface area contributed by atoms with Gasteiger partial charge in [0.15, 0.2) is 0 Å². The van der Waals surface area contributed by atoms with Gasteiger partial charge in [0.2, 0.25) is 0 Å². The van der Waals surface area contributed by atoms with Crippen molar-refractivity contribution in [3.63, 3.8) is 0 Å². The Morgan fingerprint density at radius 1 is 1.12 bits per heavy atom. The number of aliphatic imine (C=N–C) groups is 1. The molecule has 0 aliphatic carbocycles. The number of carbonyl (C=O) groups is 2. The maximum atomic E-state index is 11.2. The van der Waals surface area contributed by atoms with Crippen molar-refractivity contribution in [2.75, 3.05) is 0 Å². The number of nitrogens with zero attached hydrogens (tertiary/aromatic N) is 2. The number of rotatable bonds is 2. The normalized spacial score (nSPS) is 15.0. The van der Waals surface area contributed by atoms with Gasteiger partial charge in [-0.2, -0.15) is 4.99 Å². The molecule has 16 heavy (non-hydrogen) atoms. The Morgan fingerprint density at radius 3 is 2.25 bits per heavy atom. The third kappa shape index (κ3) is 2.23. The maximum absolute atomic E-state index is 11.2. The topological polar surface area (TPSA) is 49.7 Å². The first-order valence-corrected chi connectivity index (χ1v) is 5.16. The highest BCUT2D eigenvalue weighted by atomic mass is 35.5. The van der Waals surface area contributed by atoms with Gasteiger partial charge in [0.1, 0.15) is 0 Å². The van der Waals surface area contributed by atoms with Crippen molar-refractivity contribution in [1.29, 1.82) is 0 Å².